The van der Waals surface area contributed by atoms with Crippen LogP contribution in [0.15, 0.2) is 18.5 Å². The van der Waals surface area contributed by atoms with E-state index in [2.05, 4.69) is 42.3 Å². The minimum Gasteiger partial charge on any atom is -0.379 e. The van der Waals surface area contributed by atoms with Crippen LogP contribution in [-0.4, -0.2) is 25.1 Å². The standard InChI is InChI=1S/C15H25N3/c1-4-12-5-7-13(8-6-12)17-14-11-16-10-9-15(14)18(2)3/h9-13,17H,4-8H2,1-3H3. The van der Waals surface area contributed by atoms with Gasteiger partial charge in [-0.3, -0.25) is 4.98 Å². The Bertz CT molecular complexity index is 368. The van der Waals surface area contributed by atoms with Crippen molar-refractivity contribution in [2.24, 2.45) is 5.92 Å². The number of rotatable bonds is 4. The van der Waals surface area contributed by atoms with Crippen molar-refractivity contribution >= 4 is 11.4 Å². The van der Waals surface area contributed by atoms with E-state index in [0.29, 0.717) is 6.04 Å². The monoisotopic (exact) mass is 247 g/mol. The quantitative estimate of drug-likeness (QED) is 0.882. The number of hydrogen-bond donors (Lipinski definition) is 1. The van der Waals surface area contributed by atoms with E-state index in [-0.39, 0.29) is 0 Å². The molecule has 1 N–H and O–H groups in total. The summed E-state index contributed by atoms with van der Waals surface area (Å²) in [6.07, 6.45) is 10.5. The molecule has 100 valence electrons. The molecule has 2 rings (SSSR count). The van der Waals surface area contributed by atoms with Crippen LogP contribution in [0.5, 0.6) is 0 Å². The highest BCUT2D eigenvalue weighted by Crippen LogP contribution is 2.30. The Hall–Kier alpha value is -1.25. The van der Waals surface area contributed by atoms with E-state index >= 15 is 0 Å². The zero-order valence-corrected chi connectivity index (χ0v) is 11.8. The summed E-state index contributed by atoms with van der Waals surface area (Å²) in [6, 6.07) is 2.69. The third-order valence-corrected chi connectivity index (χ3v) is 4.06. The van der Waals surface area contributed by atoms with Gasteiger partial charge in [-0.05, 0) is 37.7 Å². The fourth-order valence-corrected chi connectivity index (χ4v) is 2.82. The van der Waals surface area contributed by atoms with Gasteiger partial charge in [0, 0.05) is 26.3 Å². The summed E-state index contributed by atoms with van der Waals surface area (Å²) in [7, 11) is 4.16. The summed E-state index contributed by atoms with van der Waals surface area (Å²) >= 11 is 0. The summed E-state index contributed by atoms with van der Waals surface area (Å²) < 4.78 is 0. The van der Waals surface area contributed by atoms with E-state index in [4.69, 9.17) is 0 Å². The highest BCUT2D eigenvalue weighted by atomic mass is 15.1. The average molecular weight is 247 g/mol. The Morgan fingerprint density at radius 2 is 2.00 bits per heavy atom. The molecule has 3 heteroatoms. The van der Waals surface area contributed by atoms with Gasteiger partial charge in [0.1, 0.15) is 0 Å². The highest BCUT2D eigenvalue weighted by Gasteiger charge is 2.20. The Labute approximate surface area is 111 Å². The average Bonchev–Trinajstić information content (AvgIpc) is 2.40. The lowest BCUT2D eigenvalue weighted by molar-refractivity contribution is 0.330. The second kappa shape index (κ2) is 6.07. The number of nitrogens with one attached hydrogen (secondary N) is 1. The first kappa shape index (κ1) is 13.2. The second-order valence-electron chi connectivity index (χ2n) is 5.56. The summed E-state index contributed by atoms with van der Waals surface area (Å²) in [5, 5.41) is 3.67. The fourth-order valence-electron chi connectivity index (χ4n) is 2.82. The molecule has 0 atom stereocenters. The molecule has 1 aromatic heterocycles. The first-order valence-electron chi connectivity index (χ1n) is 7.08. The van der Waals surface area contributed by atoms with Crippen LogP contribution in [0.2, 0.25) is 0 Å². The third-order valence-electron chi connectivity index (χ3n) is 4.06. The number of nitrogens with zero attached hydrogens (tertiary/aromatic N) is 2. The maximum Gasteiger partial charge on any atom is 0.0766 e. The van der Waals surface area contributed by atoms with Crippen molar-refractivity contribution in [2.45, 2.75) is 45.1 Å². The lowest BCUT2D eigenvalue weighted by Gasteiger charge is -2.30. The second-order valence-corrected chi connectivity index (χ2v) is 5.56. The normalized spacial score (nSPS) is 23.7. The number of aromatic nitrogens is 1. The summed E-state index contributed by atoms with van der Waals surface area (Å²) in [5.41, 5.74) is 2.39. The van der Waals surface area contributed by atoms with Crippen molar-refractivity contribution < 1.29 is 0 Å². The molecule has 0 aromatic carbocycles. The first-order valence-corrected chi connectivity index (χ1v) is 7.08. The van der Waals surface area contributed by atoms with E-state index in [1.807, 2.05) is 12.4 Å². The van der Waals surface area contributed by atoms with Crippen molar-refractivity contribution in [3.8, 4) is 0 Å². The molecule has 0 saturated heterocycles. The van der Waals surface area contributed by atoms with Gasteiger partial charge in [-0.25, -0.2) is 0 Å². The van der Waals surface area contributed by atoms with E-state index in [1.165, 1.54) is 43.5 Å². The molecular formula is C15H25N3. The van der Waals surface area contributed by atoms with Crippen molar-refractivity contribution in [3.63, 3.8) is 0 Å². The zero-order chi connectivity index (χ0) is 13.0. The summed E-state index contributed by atoms with van der Waals surface area (Å²) in [4.78, 5) is 6.38. The lowest BCUT2D eigenvalue weighted by Crippen LogP contribution is -2.27. The highest BCUT2D eigenvalue weighted by molar-refractivity contribution is 5.68. The number of hydrogen-bond acceptors (Lipinski definition) is 3. The molecule has 1 aliphatic rings. The molecule has 0 bridgehead atoms. The van der Waals surface area contributed by atoms with Crippen LogP contribution in [0.1, 0.15) is 39.0 Å². The van der Waals surface area contributed by atoms with Crippen LogP contribution < -0.4 is 10.2 Å². The van der Waals surface area contributed by atoms with Crippen LogP contribution in [-0.2, 0) is 0 Å². The number of pyridine rings is 1. The molecule has 0 spiro atoms. The van der Waals surface area contributed by atoms with Gasteiger partial charge < -0.3 is 10.2 Å². The Morgan fingerprint density at radius 1 is 1.28 bits per heavy atom. The topological polar surface area (TPSA) is 28.2 Å². The molecule has 1 fully saturated rings. The van der Waals surface area contributed by atoms with Crippen molar-refractivity contribution in [1.29, 1.82) is 0 Å². The molecule has 0 radical (unpaired) electrons. The first-order chi connectivity index (χ1) is 8.70. The van der Waals surface area contributed by atoms with E-state index in [9.17, 15) is 0 Å². The molecule has 0 aliphatic heterocycles. The van der Waals surface area contributed by atoms with E-state index in [0.717, 1.165) is 5.92 Å². The molecule has 0 amide bonds. The molecule has 18 heavy (non-hydrogen) atoms. The maximum absolute atomic E-state index is 4.24. The SMILES string of the molecule is CCC1CCC(Nc2cnccc2N(C)C)CC1. The van der Waals surface area contributed by atoms with Gasteiger partial charge in [0.15, 0.2) is 0 Å². The van der Waals surface area contributed by atoms with Gasteiger partial charge >= 0.3 is 0 Å². The fraction of sp³-hybridized carbons (Fsp3) is 0.667. The third kappa shape index (κ3) is 3.15. The van der Waals surface area contributed by atoms with Crippen LogP contribution in [0.25, 0.3) is 0 Å². The van der Waals surface area contributed by atoms with Crippen molar-refractivity contribution in [3.05, 3.63) is 18.5 Å². The smallest absolute Gasteiger partial charge is 0.0766 e. The van der Waals surface area contributed by atoms with Gasteiger partial charge in [-0.1, -0.05) is 13.3 Å². The molecule has 0 unspecified atom stereocenters. The van der Waals surface area contributed by atoms with Gasteiger partial charge in [0.25, 0.3) is 0 Å². The van der Waals surface area contributed by atoms with Gasteiger partial charge in [0.2, 0.25) is 0 Å². The Balaban J connectivity index is 1.98. The maximum atomic E-state index is 4.24. The predicted molar refractivity (Wildman–Crippen MR) is 78.2 cm³/mol. The van der Waals surface area contributed by atoms with Crippen LogP contribution in [0.3, 0.4) is 0 Å². The predicted octanol–water partition coefficient (Wildman–Crippen LogP) is 3.53. The Kier molecular flexibility index (Phi) is 4.45. The van der Waals surface area contributed by atoms with Crippen LogP contribution in [0.4, 0.5) is 11.4 Å². The minimum atomic E-state index is 0.621. The number of anilines is 2. The molecular weight excluding hydrogens is 222 g/mol. The zero-order valence-electron chi connectivity index (χ0n) is 11.8. The molecule has 1 aliphatic carbocycles. The summed E-state index contributed by atoms with van der Waals surface area (Å²) in [5.74, 6) is 0.949. The van der Waals surface area contributed by atoms with E-state index in [1.54, 1.807) is 0 Å². The van der Waals surface area contributed by atoms with Gasteiger partial charge in [0.05, 0.1) is 17.6 Å². The molecule has 3 nitrogen and oxygen atoms in total. The van der Waals surface area contributed by atoms with Crippen molar-refractivity contribution in [1.82, 2.24) is 4.98 Å². The molecule has 1 aromatic rings. The van der Waals surface area contributed by atoms with Crippen molar-refractivity contribution in [2.75, 3.05) is 24.3 Å². The molecule has 1 heterocycles. The van der Waals surface area contributed by atoms with E-state index < -0.39 is 0 Å². The largest absolute Gasteiger partial charge is 0.379 e. The minimum absolute atomic E-state index is 0.621. The molecule has 1 saturated carbocycles. The summed E-state index contributed by atoms with van der Waals surface area (Å²) in [6.45, 7) is 2.31. The lowest BCUT2D eigenvalue weighted by atomic mass is 9.84. The van der Waals surface area contributed by atoms with Crippen LogP contribution >= 0.6 is 0 Å². The van der Waals surface area contributed by atoms with Gasteiger partial charge in [-0.2, -0.15) is 0 Å². The Morgan fingerprint density at radius 3 is 2.61 bits per heavy atom. The van der Waals surface area contributed by atoms with Gasteiger partial charge in [-0.15, -0.1) is 0 Å². The van der Waals surface area contributed by atoms with Crippen LogP contribution in [0, 0.1) is 5.92 Å².